The van der Waals surface area contributed by atoms with Gasteiger partial charge in [0.15, 0.2) is 0 Å². The number of nitrogens with two attached hydrogens (primary N) is 1. The van der Waals surface area contributed by atoms with Gasteiger partial charge in [-0.2, -0.15) is 0 Å². The van der Waals surface area contributed by atoms with Crippen LogP contribution in [-0.4, -0.2) is 25.1 Å². The number of benzene rings is 2. The lowest BCUT2D eigenvalue weighted by Gasteiger charge is -2.11. The number of hydrogen-bond acceptors (Lipinski definition) is 5. The number of fused-ring (bicyclic) bond motifs is 1. The summed E-state index contributed by atoms with van der Waals surface area (Å²) in [5, 5.41) is 20.3. The van der Waals surface area contributed by atoms with E-state index < -0.39 is 0 Å². The lowest BCUT2D eigenvalue weighted by atomic mass is 10.1. The molecule has 6 heteroatoms. The van der Waals surface area contributed by atoms with Gasteiger partial charge < -0.3 is 10.8 Å². The standard InChI is InChI=1S/C18H15N5O/c19-11-15-18(12-7-9-20-10-8-12)23(22-21-15)16-5-1-4-14-13(16)3-2-6-17(14)24/h1-10,24H,11,19H2. The molecule has 0 fully saturated rings. The number of phenols is 1. The van der Waals surface area contributed by atoms with Gasteiger partial charge in [0, 0.05) is 35.3 Å². The van der Waals surface area contributed by atoms with Crippen LogP contribution in [-0.2, 0) is 6.54 Å². The summed E-state index contributed by atoms with van der Waals surface area (Å²) in [6.45, 7) is 0.285. The third-order valence-electron chi connectivity index (χ3n) is 3.99. The molecule has 0 saturated carbocycles. The quantitative estimate of drug-likeness (QED) is 0.606. The lowest BCUT2D eigenvalue weighted by Crippen LogP contribution is -2.03. The zero-order valence-electron chi connectivity index (χ0n) is 12.8. The van der Waals surface area contributed by atoms with Gasteiger partial charge in [-0.15, -0.1) is 5.10 Å². The number of aromatic hydroxyl groups is 1. The molecule has 0 unspecified atom stereocenters. The second-order valence-electron chi connectivity index (χ2n) is 5.39. The Labute approximate surface area is 138 Å². The number of rotatable bonds is 3. The molecule has 2 aromatic heterocycles. The predicted octanol–water partition coefficient (Wildman–Crippen LogP) is 2.65. The minimum atomic E-state index is 0.235. The first-order chi connectivity index (χ1) is 11.8. The summed E-state index contributed by atoms with van der Waals surface area (Å²) in [5.74, 6) is 0.235. The van der Waals surface area contributed by atoms with Gasteiger partial charge in [0.05, 0.1) is 11.4 Å². The summed E-state index contributed by atoms with van der Waals surface area (Å²) in [6.07, 6.45) is 3.45. The van der Waals surface area contributed by atoms with Crippen LogP contribution in [0.3, 0.4) is 0 Å². The first kappa shape index (κ1) is 14.3. The Morgan fingerprint density at radius 2 is 1.71 bits per heavy atom. The minimum absolute atomic E-state index is 0.235. The van der Waals surface area contributed by atoms with E-state index in [9.17, 15) is 5.11 Å². The summed E-state index contributed by atoms with van der Waals surface area (Å²) >= 11 is 0. The van der Waals surface area contributed by atoms with Crippen LogP contribution in [0.15, 0.2) is 60.9 Å². The van der Waals surface area contributed by atoms with Gasteiger partial charge in [0.2, 0.25) is 0 Å². The number of aromatic nitrogens is 4. The topological polar surface area (TPSA) is 89.8 Å². The fraction of sp³-hybridized carbons (Fsp3) is 0.0556. The summed E-state index contributed by atoms with van der Waals surface area (Å²) < 4.78 is 1.76. The molecule has 0 spiro atoms. The molecule has 0 aliphatic rings. The van der Waals surface area contributed by atoms with Gasteiger partial charge in [0.25, 0.3) is 0 Å². The molecular weight excluding hydrogens is 302 g/mol. The monoisotopic (exact) mass is 317 g/mol. The maximum Gasteiger partial charge on any atom is 0.123 e. The van der Waals surface area contributed by atoms with Crippen molar-refractivity contribution in [2.75, 3.05) is 0 Å². The Morgan fingerprint density at radius 1 is 0.958 bits per heavy atom. The Morgan fingerprint density at radius 3 is 2.50 bits per heavy atom. The van der Waals surface area contributed by atoms with E-state index >= 15 is 0 Å². The zero-order valence-corrected chi connectivity index (χ0v) is 12.8. The predicted molar refractivity (Wildman–Crippen MR) is 91.7 cm³/mol. The van der Waals surface area contributed by atoms with E-state index in [1.807, 2.05) is 42.5 Å². The summed E-state index contributed by atoms with van der Waals surface area (Å²) in [6, 6.07) is 14.9. The highest BCUT2D eigenvalue weighted by Crippen LogP contribution is 2.32. The molecule has 0 aliphatic carbocycles. The van der Waals surface area contributed by atoms with Crippen molar-refractivity contribution >= 4 is 10.8 Å². The maximum atomic E-state index is 10.1. The maximum absolute atomic E-state index is 10.1. The molecule has 2 heterocycles. The van der Waals surface area contributed by atoms with E-state index in [1.165, 1.54) is 0 Å². The van der Waals surface area contributed by atoms with E-state index in [-0.39, 0.29) is 12.3 Å². The third-order valence-corrected chi connectivity index (χ3v) is 3.99. The molecule has 4 aromatic rings. The number of pyridine rings is 1. The zero-order chi connectivity index (χ0) is 16.5. The molecule has 4 rings (SSSR count). The van der Waals surface area contributed by atoms with Crippen molar-refractivity contribution in [3.63, 3.8) is 0 Å². The molecule has 2 aromatic carbocycles. The van der Waals surface area contributed by atoms with Crippen LogP contribution in [0.2, 0.25) is 0 Å². The second kappa shape index (κ2) is 5.75. The molecular formula is C18H15N5O. The third kappa shape index (κ3) is 2.21. The molecule has 0 atom stereocenters. The van der Waals surface area contributed by atoms with Gasteiger partial charge in [-0.3, -0.25) is 4.98 Å². The van der Waals surface area contributed by atoms with E-state index in [1.54, 1.807) is 23.1 Å². The van der Waals surface area contributed by atoms with Gasteiger partial charge in [-0.05, 0) is 24.3 Å². The first-order valence-electron chi connectivity index (χ1n) is 7.55. The van der Waals surface area contributed by atoms with Gasteiger partial charge in [0.1, 0.15) is 11.4 Å². The fourth-order valence-corrected chi connectivity index (χ4v) is 2.88. The molecule has 118 valence electrons. The lowest BCUT2D eigenvalue weighted by molar-refractivity contribution is 0.481. The highest BCUT2D eigenvalue weighted by atomic mass is 16.3. The molecule has 6 nitrogen and oxygen atoms in total. The molecule has 0 saturated heterocycles. The van der Waals surface area contributed by atoms with Crippen molar-refractivity contribution in [3.8, 4) is 22.7 Å². The van der Waals surface area contributed by atoms with Crippen molar-refractivity contribution in [2.24, 2.45) is 5.73 Å². The Hall–Kier alpha value is -3.25. The van der Waals surface area contributed by atoms with E-state index in [2.05, 4.69) is 15.3 Å². The molecule has 0 aliphatic heterocycles. The Balaban J connectivity index is 2.03. The molecule has 3 N–H and O–H groups in total. The van der Waals surface area contributed by atoms with Gasteiger partial charge >= 0.3 is 0 Å². The first-order valence-corrected chi connectivity index (χ1v) is 7.55. The van der Waals surface area contributed by atoms with Crippen molar-refractivity contribution in [2.45, 2.75) is 6.54 Å². The van der Waals surface area contributed by atoms with Gasteiger partial charge in [-0.25, -0.2) is 4.68 Å². The average molecular weight is 317 g/mol. The Bertz CT molecular complexity index is 1010. The molecule has 0 radical (unpaired) electrons. The van der Waals surface area contributed by atoms with Crippen LogP contribution in [0.5, 0.6) is 5.75 Å². The van der Waals surface area contributed by atoms with Crippen LogP contribution in [0, 0.1) is 0 Å². The number of phenolic OH excluding ortho intramolecular Hbond substituents is 1. The van der Waals surface area contributed by atoms with Crippen molar-refractivity contribution < 1.29 is 5.11 Å². The van der Waals surface area contributed by atoms with Crippen molar-refractivity contribution in [1.29, 1.82) is 0 Å². The van der Waals surface area contributed by atoms with E-state index in [0.29, 0.717) is 5.69 Å². The minimum Gasteiger partial charge on any atom is -0.507 e. The van der Waals surface area contributed by atoms with E-state index in [0.717, 1.165) is 27.7 Å². The largest absolute Gasteiger partial charge is 0.507 e. The summed E-state index contributed by atoms with van der Waals surface area (Å²) in [4.78, 5) is 4.06. The molecule has 24 heavy (non-hydrogen) atoms. The fourth-order valence-electron chi connectivity index (χ4n) is 2.88. The smallest absolute Gasteiger partial charge is 0.123 e. The average Bonchev–Trinajstić information content (AvgIpc) is 3.06. The van der Waals surface area contributed by atoms with E-state index in [4.69, 9.17) is 5.73 Å². The van der Waals surface area contributed by atoms with Gasteiger partial charge in [-0.1, -0.05) is 29.5 Å². The SMILES string of the molecule is NCc1nnn(-c2cccc3c(O)cccc23)c1-c1ccncc1. The van der Waals surface area contributed by atoms with Crippen molar-refractivity contribution in [1.82, 2.24) is 20.0 Å². The van der Waals surface area contributed by atoms with Crippen LogP contribution in [0.4, 0.5) is 0 Å². The van der Waals surface area contributed by atoms with Crippen molar-refractivity contribution in [3.05, 3.63) is 66.6 Å². The number of nitrogens with zero attached hydrogens (tertiary/aromatic N) is 4. The Kier molecular flexibility index (Phi) is 3.44. The second-order valence-corrected chi connectivity index (χ2v) is 5.39. The highest BCUT2D eigenvalue weighted by Gasteiger charge is 2.17. The summed E-state index contributed by atoms with van der Waals surface area (Å²) in [5.41, 5.74) is 9.15. The highest BCUT2D eigenvalue weighted by molar-refractivity contribution is 5.94. The van der Waals surface area contributed by atoms with Crippen LogP contribution < -0.4 is 5.73 Å². The van der Waals surface area contributed by atoms with Crippen LogP contribution in [0.25, 0.3) is 27.7 Å². The summed E-state index contributed by atoms with van der Waals surface area (Å²) in [7, 11) is 0. The normalized spacial score (nSPS) is 11.0. The van der Waals surface area contributed by atoms with Crippen LogP contribution in [0.1, 0.15) is 5.69 Å². The van der Waals surface area contributed by atoms with Crippen LogP contribution >= 0.6 is 0 Å². The molecule has 0 amide bonds. The molecule has 0 bridgehead atoms. The number of hydrogen-bond donors (Lipinski definition) is 2.